The van der Waals surface area contributed by atoms with Crippen LogP contribution in [0.4, 0.5) is 5.69 Å². The number of nitrogens with zero attached hydrogens (tertiary/aromatic N) is 2. The van der Waals surface area contributed by atoms with E-state index in [1.165, 1.54) is 18.2 Å². The highest BCUT2D eigenvalue weighted by Crippen LogP contribution is 2.31. The lowest BCUT2D eigenvalue weighted by Crippen LogP contribution is -2.38. The van der Waals surface area contributed by atoms with Gasteiger partial charge >= 0.3 is 0 Å². The Morgan fingerprint density at radius 3 is 2.40 bits per heavy atom. The third-order valence-corrected chi connectivity index (χ3v) is 4.77. The fourth-order valence-electron chi connectivity index (χ4n) is 3.17. The minimum Gasteiger partial charge on any atom is -0.508 e. The molecule has 3 rings (SSSR count). The second-order valence-corrected chi connectivity index (χ2v) is 6.51. The number of carbonyl (C=O) groups is 1. The van der Waals surface area contributed by atoms with E-state index in [1.54, 1.807) is 17.0 Å². The Morgan fingerprint density at radius 1 is 1.16 bits per heavy atom. The molecule has 1 N–H and O–H groups in total. The maximum Gasteiger partial charge on any atom is 0.283 e. The van der Waals surface area contributed by atoms with Crippen LogP contribution in [-0.2, 0) is 0 Å². The Morgan fingerprint density at radius 2 is 1.80 bits per heavy atom. The van der Waals surface area contributed by atoms with E-state index in [1.807, 2.05) is 12.1 Å². The molecule has 0 unspecified atom stereocenters. The average molecular weight is 361 g/mol. The number of halogens is 1. The second-order valence-electron chi connectivity index (χ2n) is 6.08. The molecule has 1 heterocycles. The van der Waals surface area contributed by atoms with E-state index in [4.69, 9.17) is 11.6 Å². The van der Waals surface area contributed by atoms with Crippen LogP contribution in [0.1, 0.15) is 34.7 Å². The van der Waals surface area contributed by atoms with Gasteiger partial charge in [-0.3, -0.25) is 14.9 Å². The summed E-state index contributed by atoms with van der Waals surface area (Å²) in [5.41, 5.74) is 0.929. The molecule has 0 atom stereocenters. The number of hydrogen-bond acceptors (Lipinski definition) is 4. The van der Waals surface area contributed by atoms with Crippen molar-refractivity contribution in [3.63, 3.8) is 0 Å². The number of rotatable bonds is 3. The predicted octanol–water partition coefficient (Wildman–Crippen LogP) is 3.97. The summed E-state index contributed by atoms with van der Waals surface area (Å²) in [6.45, 7) is 1.06. The zero-order valence-electron chi connectivity index (χ0n) is 13.4. The predicted molar refractivity (Wildman–Crippen MR) is 94.1 cm³/mol. The van der Waals surface area contributed by atoms with Crippen molar-refractivity contribution in [2.24, 2.45) is 0 Å². The van der Waals surface area contributed by atoms with E-state index < -0.39 is 4.92 Å². The number of likely N-dealkylation sites (tertiary alicyclic amines) is 1. The van der Waals surface area contributed by atoms with Crippen LogP contribution in [0.2, 0.25) is 5.02 Å². The number of nitro benzene ring substituents is 1. The molecular weight excluding hydrogens is 344 g/mol. The van der Waals surface area contributed by atoms with Crippen molar-refractivity contribution in [3.8, 4) is 5.75 Å². The van der Waals surface area contributed by atoms with Gasteiger partial charge in [0.05, 0.1) is 4.92 Å². The van der Waals surface area contributed by atoms with Crippen molar-refractivity contribution in [1.29, 1.82) is 0 Å². The monoisotopic (exact) mass is 360 g/mol. The average Bonchev–Trinajstić information content (AvgIpc) is 2.62. The van der Waals surface area contributed by atoms with E-state index in [-0.39, 0.29) is 27.9 Å². The van der Waals surface area contributed by atoms with Crippen LogP contribution in [0.5, 0.6) is 5.75 Å². The van der Waals surface area contributed by atoms with E-state index in [0.717, 1.165) is 18.4 Å². The van der Waals surface area contributed by atoms with E-state index in [2.05, 4.69) is 0 Å². The third kappa shape index (κ3) is 3.74. The van der Waals surface area contributed by atoms with E-state index in [0.29, 0.717) is 19.0 Å². The topological polar surface area (TPSA) is 83.7 Å². The second kappa shape index (κ2) is 7.11. The molecule has 1 aliphatic heterocycles. The molecule has 130 valence electrons. The van der Waals surface area contributed by atoms with Crippen LogP contribution >= 0.6 is 11.6 Å². The number of benzene rings is 2. The van der Waals surface area contributed by atoms with Crippen molar-refractivity contribution in [1.82, 2.24) is 4.90 Å². The highest BCUT2D eigenvalue weighted by Gasteiger charge is 2.28. The molecule has 1 saturated heterocycles. The summed E-state index contributed by atoms with van der Waals surface area (Å²) >= 11 is 5.80. The van der Waals surface area contributed by atoms with Crippen LogP contribution in [0.15, 0.2) is 42.5 Å². The van der Waals surface area contributed by atoms with Gasteiger partial charge in [-0.05, 0) is 48.6 Å². The normalized spacial score (nSPS) is 15.2. The Balaban J connectivity index is 1.72. The number of phenols is 1. The van der Waals surface area contributed by atoms with Crippen molar-refractivity contribution in [3.05, 3.63) is 68.7 Å². The Kier molecular flexibility index (Phi) is 4.90. The highest BCUT2D eigenvalue weighted by atomic mass is 35.5. The quantitative estimate of drug-likeness (QED) is 0.663. The summed E-state index contributed by atoms with van der Waals surface area (Å²) in [4.78, 5) is 24.9. The minimum absolute atomic E-state index is 0.0671. The SMILES string of the molecule is O=C(c1ccc(Cl)cc1[N+](=O)[O-])N1CCC(c2ccc(O)cc2)CC1. The number of nitro groups is 1. The largest absolute Gasteiger partial charge is 0.508 e. The van der Waals surface area contributed by atoms with Gasteiger partial charge in [0.15, 0.2) is 0 Å². The molecule has 0 aliphatic carbocycles. The fourth-order valence-corrected chi connectivity index (χ4v) is 3.34. The summed E-state index contributed by atoms with van der Waals surface area (Å²) in [7, 11) is 0. The lowest BCUT2D eigenvalue weighted by Gasteiger charge is -2.32. The molecule has 2 aromatic rings. The maximum absolute atomic E-state index is 12.7. The third-order valence-electron chi connectivity index (χ3n) is 4.53. The first-order valence-corrected chi connectivity index (χ1v) is 8.35. The molecular formula is C18H17ClN2O4. The molecule has 0 bridgehead atoms. The van der Waals surface area contributed by atoms with Crippen molar-refractivity contribution in [2.75, 3.05) is 13.1 Å². The number of hydrogen-bond donors (Lipinski definition) is 1. The molecule has 1 aliphatic rings. The summed E-state index contributed by atoms with van der Waals surface area (Å²) in [6, 6.07) is 11.2. The van der Waals surface area contributed by atoms with Crippen LogP contribution in [0.25, 0.3) is 0 Å². The number of carbonyl (C=O) groups excluding carboxylic acids is 1. The molecule has 1 fully saturated rings. The van der Waals surface area contributed by atoms with Crippen LogP contribution in [-0.4, -0.2) is 33.9 Å². The fraction of sp³-hybridized carbons (Fsp3) is 0.278. The first-order chi connectivity index (χ1) is 12.0. The number of piperidine rings is 1. The molecule has 0 spiro atoms. The van der Waals surface area contributed by atoms with Gasteiger partial charge in [0, 0.05) is 24.2 Å². The van der Waals surface area contributed by atoms with Crippen molar-refractivity contribution < 1.29 is 14.8 Å². The summed E-state index contributed by atoms with van der Waals surface area (Å²) in [5.74, 6) is 0.198. The van der Waals surface area contributed by atoms with Crippen LogP contribution < -0.4 is 0 Å². The van der Waals surface area contributed by atoms with Gasteiger partial charge in [0.1, 0.15) is 11.3 Å². The van der Waals surface area contributed by atoms with Gasteiger partial charge in [0.25, 0.3) is 11.6 Å². The van der Waals surface area contributed by atoms with Crippen molar-refractivity contribution in [2.45, 2.75) is 18.8 Å². The number of phenolic OH excluding ortho intramolecular Hbond substituents is 1. The standard InChI is InChI=1S/C18H17ClN2O4/c19-14-3-6-16(17(11-14)21(24)25)18(23)20-9-7-13(8-10-20)12-1-4-15(22)5-2-12/h1-6,11,13,22H,7-10H2. The molecule has 1 amide bonds. The Bertz CT molecular complexity index is 799. The van der Waals surface area contributed by atoms with Gasteiger partial charge in [0.2, 0.25) is 0 Å². The van der Waals surface area contributed by atoms with E-state index >= 15 is 0 Å². The Labute approximate surface area is 149 Å². The van der Waals surface area contributed by atoms with Gasteiger partial charge in [-0.25, -0.2) is 0 Å². The van der Waals surface area contributed by atoms with Crippen molar-refractivity contribution >= 4 is 23.2 Å². The minimum atomic E-state index is -0.581. The molecule has 7 heteroatoms. The summed E-state index contributed by atoms with van der Waals surface area (Å²) < 4.78 is 0. The lowest BCUT2D eigenvalue weighted by atomic mass is 9.89. The first kappa shape index (κ1) is 17.2. The molecule has 2 aromatic carbocycles. The number of amides is 1. The summed E-state index contributed by atoms with van der Waals surface area (Å²) in [6.07, 6.45) is 1.55. The molecule has 25 heavy (non-hydrogen) atoms. The van der Waals surface area contributed by atoms with Crippen LogP contribution in [0.3, 0.4) is 0 Å². The molecule has 0 radical (unpaired) electrons. The highest BCUT2D eigenvalue weighted by molar-refractivity contribution is 6.31. The first-order valence-electron chi connectivity index (χ1n) is 7.98. The molecule has 0 aromatic heterocycles. The van der Waals surface area contributed by atoms with E-state index in [9.17, 15) is 20.0 Å². The van der Waals surface area contributed by atoms with Gasteiger partial charge in [-0.1, -0.05) is 23.7 Å². The zero-order valence-corrected chi connectivity index (χ0v) is 14.1. The maximum atomic E-state index is 12.7. The van der Waals surface area contributed by atoms with Gasteiger partial charge < -0.3 is 10.0 Å². The number of aromatic hydroxyl groups is 1. The summed E-state index contributed by atoms with van der Waals surface area (Å²) in [5, 5.41) is 20.8. The van der Waals surface area contributed by atoms with Gasteiger partial charge in [-0.2, -0.15) is 0 Å². The molecule has 6 nitrogen and oxygen atoms in total. The van der Waals surface area contributed by atoms with Crippen LogP contribution in [0, 0.1) is 10.1 Å². The van der Waals surface area contributed by atoms with Gasteiger partial charge in [-0.15, -0.1) is 0 Å². The Hall–Kier alpha value is -2.60. The smallest absolute Gasteiger partial charge is 0.283 e. The zero-order chi connectivity index (χ0) is 18.0. The lowest BCUT2D eigenvalue weighted by molar-refractivity contribution is -0.385. The molecule has 0 saturated carbocycles.